The Bertz CT molecular complexity index is 367. The van der Waals surface area contributed by atoms with Gasteiger partial charge in [-0.15, -0.1) is 0 Å². The molecule has 0 saturated heterocycles. The fraction of sp³-hybridized carbons (Fsp3) is 0.571. The molecule has 0 aromatic heterocycles. The summed E-state index contributed by atoms with van der Waals surface area (Å²) in [6.45, 7) is 6.18. The minimum atomic E-state index is 0.281. The summed E-state index contributed by atoms with van der Waals surface area (Å²) in [5.74, 6) is 1.52. The van der Waals surface area contributed by atoms with E-state index in [1.54, 1.807) is 0 Å². The number of hydrogen-bond donors (Lipinski definition) is 2. The normalized spacial score (nSPS) is 12.8. The molecule has 1 aromatic carbocycles. The predicted molar refractivity (Wildman–Crippen MR) is 79.9 cm³/mol. The lowest BCUT2D eigenvalue weighted by Crippen LogP contribution is -2.28. The van der Waals surface area contributed by atoms with Crippen LogP contribution in [0.15, 0.2) is 22.7 Å². The molecule has 1 unspecified atom stereocenters. The first-order chi connectivity index (χ1) is 8.63. The molecule has 4 N–H and O–H groups in total. The third-order valence-corrected chi connectivity index (χ3v) is 3.73. The van der Waals surface area contributed by atoms with Crippen LogP contribution >= 0.6 is 15.9 Å². The van der Waals surface area contributed by atoms with Crippen LogP contribution in [0.4, 0.5) is 0 Å². The van der Waals surface area contributed by atoms with Crippen molar-refractivity contribution >= 4 is 15.9 Å². The summed E-state index contributed by atoms with van der Waals surface area (Å²) in [5, 5.41) is 0. The molecule has 0 fully saturated rings. The third kappa shape index (κ3) is 3.97. The molecular weight excluding hydrogens is 292 g/mol. The second-order valence-electron chi connectivity index (χ2n) is 4.55. The van der Waals surface area contributed by atoms with Gasteiger partial charge < -0.3 is 16.2 Å². The highest BCUT2D eigenvalue weighted by molar-refractivity contribution is 9.10. The van der Waals surface area contributed by atoms with Crippen LogP contribution in [0.5, 0.6) is 5.75 Å². The van der Waals surface area contributed by atoms with Gasteiger partial charge in [-0.1, -0.05) is 29.8 Å². The van der Waals surface area contributed by atoms with Crippen LogP contribution in [-0.2, 0) is 0 Å². The van der Waals surface area contributed by atoms with Crippen molar-refractivity contribution in [3.8, 4) is 5.75 Å². The Balaban J connectivity index is 2.99. The van der Waals surface area contributed by atoms with Gasteiger partial charge in [0.2, 0.25) is 0 Å². The highest BCUT2D eigenvalue weighted by atomic mass is 79.9. The smallest absolute Gasteiger partial charge is 0.122 e. The fourth-order valence-electron chi connectivity index (χ4n) is 1.98. The van der Waals surface area contributed by atoms with Crippen molar-refractivity contribution in [2.45, 2.75) is 26.2 Å². The number of halogens is 1. The maximum Gasteiger partial charge on any atom is 0.122 e. The van der Waals surface area contributed by atoms with Crippen LogP contribution in [0.2, 0.25) is 0 Å². The van der Waals surface area contributed by atoms with Gasteiger partial charge in [0.05, 0.1) is 6.61 Å². The summed E-state index contributed by atoms with van der Waals surface area (Å²) in [6.07, 6.45) is 1.00. The lowest BCUT2D eigenvalue weighted by molar-refractivity contribution is 0.308. The number of hydrogen-bond acceptors (Lipinski definition) is 3. The van der Waals surface area contributed by atoms with E-state index in [0.29, 0.717) is 19.0 Å². The zero-order valence-corrected chi connectivity index (χ0v) is 12.7. The van der Waals surface area contributed by atoms with Crippen molar-refractivity contribution in [1.29, 1.82) is 0 Å². The number of ether oxygens (including phenoxy) is 1. The quantitative estimate of drug-likeness (QED) is 0.813. The largest absolute Gasteiger partial charge is 0.493 e. The monoisotopic (exact) mass is 314 g/mol. The minimum Gasteiger partial charge on any atom is -0.493 e. The van der Waals surface area contributed by atoms with E-state index >= 15 is 0 Å². The van der Waals surface area contributed by atoms with Crippen molar-refractivity contribution in [3.63, 3.8) is 0 Å². The Hall–Kier alpha value is -0.580. The molecule has 0 saturated carbocycles. The second kappa shape index (κ2) is 7.77. The average molecular weight is 315 g/mol. The van der Waals surface area contributed by atoms with Crippen molar-refractivity contribution in [2.24, 2.45) is 17.4 Å². The molecule has 1 atom stereocenters. The van der Waals surface area contributed by atoms with Crippen molar-refractivity contribution in [2.75, 3.05) is 19.7 Å². The lowest BCUT2D eigenvalue weighted by atomic mass is 9.87. The summed E-state index contributed by atoms with van der Waals surface area (Å²) < 4.78 is 6.86. The van der Waals surface area contributed by atoms with Gasteiger partial charge in [-0.3, -0.25) is 0 Å². The SMILES string of the molecule is CCCOc1ccc(Br)cc1C(C)C(CN)CN. The van der Waals surface area contributed by atoms with E-state index in [1.807, 2.05) is 12.1 Å². The first-order valence-corrected chi connectivity index (χ1v) is 7.25. The number of rotatable bonds is 7. The number of nitrogens with two attached hydrogens (primary N) is 2. The molecule has 0 amide bonds. The Morgan fingerprint density at radius 2 is 1.94 bits per heavy atom. The van der Waals surface area contributed by atoms with Crippen LogP contribution in [0.1, 0.15) is 31.7 Å². The van der Waals surface area contributed by atoms with E-state index in [0.717, 1.165) is 23.2 Å². The standard InChI is InChI=1S/C14H23BrN2O/c1-3-6-18-14-5-4-12(15)7-13(14)10(2)11(8-16)9-17/h4-5,7,10-11H,3,6,8-9,16-17H2,1-2H3. The highest BCUT2D eigenvalue weighted by Crippen LogP contribution is 2.33. The van der Waals surface area contributed by atoms with E-state index in [-0.39, 0.29) is 5.92 Å². The molecule has 0 bridgehead atoms. The number of benzene rings is 1. The van der Waals surface area contributed by atoms with E-state index in [1.165, 1.54) is 5.56 Å². The van der Waals surface area contributed by atoms with Crippen LogP contribution < -0.4 is 16.2 Å². The van der Waals surface area contributed by atoms with Gasteiger partial charge in [0, 0.05) is 4.47 Å². The first kappa shape index (κ1) is 15.5. The Kier molecular flexibility index (Phi) is 6.68. The molecule has 102 valence electrons. The minimum absolute atomic E-state index is 0.281. The molecule has 4 heteroatoms. The average Bonchev–Trinajstić information content (AvgIpc) is 2.38. The maximum atomic E-state index is 5.80. The molecule has 0 heterocycles. The molecule has 0 aliphatic heterocycles. The van der Waals surface area contributed by atoms with Gasteiger partial charge in [-0.2, -0.15) is 0 Å². The summed E-state index contributed by atoms with van der Waals surface area (Å²) in [4.78, 5) is 0. The highest BCUT2D eigenvalue weighted by Gasteiger charge is 2.20. The zero-order valence-electron chi connectivity index (χ0n) is 11.2. The lowest BCUT2D eigenvalue weighted by Gasteiger charge is -2.24. The van der Waals surface area contributed by atoms with E-state index in [9.17, 15) is 0 Å². The Labute approximate surface area is 118 Å². The first-order valence-electron chi connectivity index (χ1n) is 6.46. The molecule has 1 rings (SSSR count). The van der Waals surface area contributed by atoms with Gasteiger partial charge in [-0.25, -0.2) is 0 Å². The van der Waals surface area contributed by atoms with E-state index in [2.05, 4.69) is 35.8 Å². The van der Waals surface area contributed by atoms with Gasteiger partial charge in [-0.05, 0) is 55.1 Å². The van der Waals surface area contributed by atoms with Gasteiger partial charge in [0.15, 0.2) is 0 Å². The van der Waals surface area contributed by atoms with Crippen molar-refractivity contribution in [3.05, 3.63) is 28.2 Å². The maximum absolute atomic E-state index is 5.80. The van der Waals surface area contributed by atoms with Gasteiger partial charge >= 0.3 is 0 Å². The van der Waals surface area contributed by atoms with Crippen LogP contribution in [0.25, 0.3) is 0 Å². The third-order valence-electron chi connectivity index (χ3n) is 3.24. The Morgan fingerprint density at radius 3 is 2.50 bits per heavy atom. The van der Waals surface area contributed by atoms with Gasteiger partial charge in [0.25, 0.3) is 0 Å². The second-order valence-corrected chi connectivity index (χ2v) is 5.47. The zero-order chi connectivity index (χ0) is 13.5. The molecular formula is C14H23BrN2O. The summed E-state index contributed by atoms with van der Waals surface area (Å²) in [7, 11) is 0. The van der Waals surface area contributed by atoms with Crippen molar-refractivity contribution in [1.82, 2.24) is 0 Å². The molecule has 0 spiro atoms. The molecule has 0 aliphatic rings. The van der Waals surface area contributed by atoms with E-state index in [4.69, 9.17) is 16.2 Å². The van der Waals surface area contributed by atoms with Crippen LogP contribution in [0, 0.1) is 5.92 Å². The Morgan fingerprint density at radius 1 is 1.28 bits per heavy atom. The molecule has 0 radical (unpaired) electrons. The van der Waals surface area contributed by atoms with Gasteiger partial charge in [0.1, 0.15) is 5.75 Å². The summed E-state index contributed by atoms with van der Waals surface area (Å²) in [5.41, 5.74) is 12.7. The van der Waals surface area contributed by atoms with Crippen LogP contribution in [-0.4, -0.2) is 19.7 Å². The topological polar surface area (TPSA) is 61.3 Å². The molecule has 0 aliphatic carbocycles. The van der Waals surface area contributed by atoms with Crippen LogP contribution in [0.3, 0.4) is 0 Å². The van der Waals surface area contributed by atoms with E-state index < -0.39 is 0 Å². The molecule has 1 aromatic rings. The summed E-state index contributed by atoms with van der Waals surface area (Å²) >= 11 is 3.51. The predicted octanol–water partition coefficient (Wildman–Crippen LogP) is 2.88. The fourth-order valence-corrected chi connectivity index (χ4v) is 2.36. The molecule has 3 nitrogen and oxygen atoms in total. The molecule has 18 heavy (non-hydrogen) atoms. The van der Waals surface area contributed by atoms with Crippen molar-refractivity contribution < 1.29 is 4.74 Å². The summed E-state index contributed by atoms with van der Waals surface area (Å²) in [6, 6.07) is 6.12.